The Morgan fingerprint density at radius 2 is 1.91 bits per heavy atom. The normalized spacial score (nSPS) is 20.8. The van der Waals surface area contributed by atoms with E-state index >= 15 is 0 Å². The first-order valence-corrected chi connectivity index (χ1v) is 12.6. The molecule has 2 atom stereocenters. The molecule has 2 aromatic heterocycles. The van der Waals surface area contributed by atoms with Crippen molar-refractivity contribution in [2.45, 2.75) is 70.4 Å². The van der Waals surface area contributed by atoms with Gasteiger partial charge in [-0.05, 0) is 50.4 Å². The summed E-state index contributed by atoms with van der Waals surface area (Å²) in [5, 5.41) is 4.51. The van der Waals surface area contributed by atoms with Crippen LogP contribution in [-0.2, 0) is 0 Å². The highest BCUT2D eigenvalue weighted by molar-refractivity contribution is 5.76. The largest absolute Gasteiger partial charge is 0.350 e. The molecule has 0 bridgehead atoms. The van der Waals surface area contributed by atoms with Crippen LogP contribution in [-0.4, -0.2) is 45.1 Å². The molecule has 6 nitrogen and oxygen atoms in total. The van der Waals surface area contributed by atoms with E-state index in [1.165, 1.54) is 19.3 Å². The third kappa shape index (κ3) is 4.54. The van der Waals surface area contributed by atoms with Crippen molar-refractivity contribution in [1.29, 1.82) is 0 Å². The van der Waals surface area contributed by atoms with Crippen molar-refractivity contribution >= 4 is 17.0 Å². The van der Waals surface area contributed by atoms with Gasteiger partial charge >= 0.3 is 0 Å². The van der Waals surface area contributed by atoms with Crippen molar-refractivity contribution in [2.24, 2.45) is 0 Å². The topological polar surface area (TPSA) is 63.1 Å². The molecule has 5 rings (SSSR count). The Kier molecular flexibility index (Phi) is 6.45. The molecule has 0 amide bonds. The van der Waals surface area contributed by atoms with Gasteiger partial charge in [0.15, 0.2) is 0 Å². The van der Waals surface area contributed by atoms with Crippen molar-refractivity contribution in [3.05, 3.63) is 64.1 Å². The number of rotatable bonds is 6. The quantitative estimate of drug-likeness (QED) is 0.581. The third-order valence-electron chi connectivity index (χ3n) is 7.54. The minimum absolute atomic E-state index is 0.0239. The van der Waals surface area contributed by atoms with Gasteiger partial charge in [0.1, 0.15) is 5.65 Å². The van der Waals surface area contributed by atoms with Crippen LogP contribution in [0.15, 0.2) is 47.4 Å². The van der Waals surface area contributed by atoms with Gasteiger partial charge < -0.3 is 10.2 Å². The number of nitrogens with one attached hydrogen (secondary N) is 1. The van der Waals surface area contributed by atoms with Gasteiger partial charge in [-0.2, -0.15) is 4.98 Å². The number of nitrogens with zero attached hydrogens (tertiary/aromatic N) is 4. The number of likely N-dealkylation sites (tertiary alicyclic amines) is 1. The van der Waals surface area contributed by atoms with Crippen LogP contribution in [0.25, 0.3) is 11.0 Å². The summed E-state index contributed by atoms with van der Waals surface area (Å²) >= 11 is 0. The first-order chi connectivity index (χ1) is 16.1. The fraction of sp³-hybridized carbons (Fsp3) is 0.519. The molecule has 1 aliphatic heterocycles. The minimum atomic E-state index is 0.0239. The standard InChI is InChI=1S/C27H35N5O/c1-3-31-15-9-12-22(18-31)29-27-28-17-21-16-24(19(2)20-10-5-4-6-11-20)26(33)32(25(21)30-27)23-13-7-8-14-23/h4-6,10-11,16-17,19,22-23H,3,7-9,12-15,18H2,1-2H3,(H,28,29,30). The van der Waals surface area contributed by atoms with E-state index in [0.717, 1.165) is 61.1 Å². The van der Waals surface area contributed by atoms with E-state index in [-0.39, 0.29) is 17.5 Å². The number of piperidine rings is 1. The molecule has 3 aromatic rings. The molecular formula is C27H35N5O. The lowest BCUT2D eigenvalue weighted by atomic mass is 9.93. The molecule has 2 fully saturated rings. The first-order valence-electron chi connectivity index (χ1n) is 12.6. The van der Waals surface area contributed by atoms with Crippen LogP contribution in [0, 0.1) is 0 Å². The Balaban J connectivity index is 1.55. The lowest BCUT2D eigenvalue weighted by molar-refractivity contribution is 0.226. The molecular weight excluding hydrogens is 410 g/mol. The summed E-state index contributed by atoms with van der Waals surface area (Å²) < 4.78 is 1.99. The van der Waals surface area contributed by atoms with Crippen molar-refractivity contribution in [3.63, 3.8) is 0 Å². The van der Waals surface area contributed by atoms with Gasteiger partial charge in [-0.25, -0.2) is 4.98 Å². The third-order valence-corrected chi connectivity index (χ3v) is 7.54. The van der Waals surface area contributed by atoms with Gasteiger partial charge in [-0.3, -0.25) is 9.36 Å². The van der Waals surface area contributed by atoms with Crippen LogP contribution < -0.4 is 10.9 Å². The Morgan fingerprint density at radius 3 is 2.67 bits per heavy atom. The van der Waals surface area contributed by atoms with E-state index in [1.807, 2.05) is 35.0 Å². The highest BCUT2D eigenvalue weighted by Crippen LogP contribution is 2.32. The van der Waals surface area contributed by atoms with Crippen LogP contribution in [0.5, 0.6) is 0 Å². The van der Waals surface area contributed by atoms with Crippen LogP contribution in [0.2, 0.25) is 0 Å². The Hall–Kier alpha value is -2.73. The first kappa shape index (κ1) is 22.1. The fourth-order valence-corrected chi connectivity index (χ4v) is 5.59. The van der Waals surface area contributed by atoms with E-state index in [9.17, 15) is 4.79 Å². The Morgan fingerprint density at radius 1 is 1.12 bits per heavy atom. The van der Waals surface area contributed by atoms with Crippen LogP contribution in [0.4, 0.5) is 5.95 Å². The monoisotopic (exact) mass is 445 g/mol. The second-order valence-electron chi connectivity index (χ2n) is 9.69. The van der Waals surface area contributed by atoms with Gasteiger partial charge in [0, 0.05) is 41.7 Å². The predicted molar refractivity (Wildman–Crippen MR) is 134 cm³/mol. The number of benzene rings is 1. The van der Waals surface area contributed by atoms with E-state index < -0.39 is 0 Å². The molecule has 1 aliphatic carbocycles. The molecule has 1 saturated heterocycles. The highest BCUT2D eigenvalue weighted by Gasteiger charge is 2.25. The average molecular weight is 446 g/mol. The van der Waals surface area contributed by atoms with E-state index in [1.54, 1.807) is 0 Å². The minimum Gasteiger partial charge on any atom is -0.350 e. The van der Waals surface area contributed by atoms with Gasteiger partial charge in [0.25, 0.3) is 5.56 Å². The molecule has 2 aliphatic rings. The lowest BCUT2D eigenvalue weighted by Crippen LogP contribution is -2.42. The second-order valence-corrected chi connectivity index (χ2v) is 9.69. The van der Waals surface area contributed by atoms with Crippen molar-refractivity contribution in [1.82, 2.24) is 19.4 Å². The van der Waals surface area contributed by atoms with Crippen molar-refractivity contribution in [2.75, 3.05) is 25.0 Å². The summed E-state index contributed by atoms with van der Waals surface area (Å²) in [6, 6.07) is 12.9. The number of anilines is 1. The van der Waals surface area contributed by atoms with Gasteiger partial charge in [0.05, 0.1) is 0 Å². The SMILES string of the molecule is CCN1CCCC(Nc2ncc3cc(C(C)c4ccccc4)c(=O)n(C4CCCC4)c3n2)C1. The van der Waals surface area contributed by atoms with Gasteiger partial charge in [-0.1, -0.05) is 57.0 Å². The molecule has 174 valence electrons. The van der Waals surface area contributed by atoms with E-state index in [0.29, 0.717) is 12.0 Å². The van der Waals surface area contributed by atoms with Crippen LogP contribution >= 0.6 is 0 Å². The molecule has 6 heteroatoms. The van der Waals surface area contributed by atoms with Gasteiger partial charge in [-0.15, -0.1) is 0 Å². The highest BCUT2D eigenvalue weighted by atomic mass is 16.1. The summed E-state index contributed by atoms with van der Waals surface area (Å²) in [7, 11) is 0. The Bertz CT molecular complexity index is 1150. The average Bonchev–Trinajstić information content (AvgIpc) is 3.38. The predicted octanol–water partition coefficient (Wildman–Crippen LogP) is 4.95. The van der Waals surface area contributed by atoms with Gasteiger partial charge in [0.2, 0.25) is 5.95 Å². The number of aromatic nitrogens is 3. The molecule has 1 N–H and O–H groups in total. The second kappa shape index (κ2) is 9.64. The van der Waals surface area contributed by atoms with Crippen molar-refractivity contribution in [3.8, 4) is 0 Å². The maximum atomic E-state index is 13.8. The van der Waals surface area contributed by atoms with Crippen LogP contribution in [0.1, 0.15) is 75.5 Å². The van der Waals surface area contributed by atoms with Crippen molar-refractivity contribution < 1.29 is 0 Å². The maximum absolute atomic E-state index is 13.8. The number of fused-ring (bicyclic) bond motifs is 1. The molecule has 1 saturated carbocycles. The van der Waals surface area contributed by atoms with E-state index in [4.69, 9.17) is 4.98 Å². The molecule has 1 aromatic carbocycles. The zero-order valence-electron chi connectivity index (χ0n) is 19.8. The smallest absolute Gasteiger partial charge is 0.256 e. The molecule has 0 spiro atoms. The lowest BCUT2D eigenvalue weighted by Gasteiger charge is -2.32. The zero-order valence-corrected chi connectivity index (χ0v) is 19.8. The number of hydrogen-bond acceptors (Lipinski definition) is 5. The molecule has 2 unspecified atom stereocenters. The molecule has 3 heterocycles. The zero-order chi connectivity index (χ0) is 22.8. The Labute approximate surface area is 196 Å². The number of pyridine rings is 1. The van der Waals surface area contributed by atoms with E-state index in [2.05, 4.69) is 41.2 Å². The number of hydrogen-bond donors (Lipinski definition) is 1. The summed E-state index contributed by atoms with van der Waals surface area (Å²) in [6.07, 6.45) is 8.63. The molecule has 0 radical (unpaired) electrons. The fourth-order valence-electron chi connectivity index (χ4n) is 5.59. The molecule has 33 heavy (non-hydrogen) atoms. The van der Waals surface area contributed by atoms with Crippen LogP contribution in [0.3, 0.4) is 0 Å². The summed E-state index contributed by atoms with van der Waals surface area (Å²) in [5.41, 5.74) is 2.86. The summed E-state index contributed by atoms with van der Waals surface area (Å²) in [4.78, 5) is 25.9. The maximum Gasteiger partial charge on any atom is 0.256 e. The summed E-state index contributed by atoms with van der Waals surface area (Å²) in [5.74, 6) is 0.663. The number of likely N-dealkylation sites (N-methyl/N-ethyl adjacent to an activating group) is 1. The summed E-state index contributed by atoms with van der Waals surface area (Å²) in [6.45, 7) is 7.58.